The van der Waals surface area contributed by atoms with Crippen molar-refractivity contribution in [3.8, 4) is 0 Å². The van der Waals surface area contributed by atoms with Gasteiger partial charge >= 0.3 is 0 Å². The number of anilines is 1. The van der Waals surface area contributed by atoms with Crippen molar-refractivity contribution in [3.63, 3.8) is 0 Å². The second-order valence-electron chi connectivity index (χ2n) is 4.42. The Balaban J connectivity index is 2.43. The highest BCUT2D eigenvalue weighted by atomic mass is 35.5. The summed E-state index contributed by atoms with van der Waals surface area (Å²) < 4.78 is 0. The zero-order valence-corrected chi connectivity index (χ0v) is 11.2. The van der Waals surface area contributed by atoms with Crippen molar-refractivity contribution in [3.05, 3.63) is 28.8 Å². The molecule has 1 atom stereocenters. The van der Waals surface area contributed by atoms with E-state index in [1.54, 1.807) is 18.2 Å². The lowest BCUT2D eigenvalue weighted by molar-refractivity contribution is 0.0953. The number of nitrogens with one attached hydrogen (secondary N) is 1. The molecule has 0 saturated heterocycles. The quantitative estimate of drug-likeness (QED) is 0.547. The highest BCUT2D eigenvalue weighted by molar-refractivity contribution is 6.31. The highest BCUT2D eigenvalue weighted by Gasteiger charge is 2.09. The summed E-state index contributed by atoms with van der Waals surface area (Å²) in [6.45, 7) is 2.71. The number of nitrogen functional groups attached to an aromatic ring is 1. The average Bonchev–Trinajstić information content (AvgIpc) is 2.36. The van der Waals surface area contributed by atoms with E-state index in [9.17, 15) is 4.79 Å². The van der Waals surface area contributed by atoms with E-state index in [1.165, 1.54) is 0 Å². The second kappa shape index (κ2) is 7.24. The Bertz CT molecular complexity index is 410. The zero-order valence-electron chi connectivity index (χ0n) is 10.4. The summed E-state index contributed by atoms with van der Waals surface area (Å²) in [5.74, 6) is 0.0461. The number of rotatable bonds is 6. The lowest BCUT2D eigenvalue weighted by atomic mass is 10.1. The van der Waals surface area contributed by atoms with Gasteiger partial charge in [0.1, 0.15) is 0 Å². The summed E-state index contributed by atoms with van der Waals surface area (Å²) in [6.07, 6.45) is 1.70. The van der Waals surface area contributed by atoms with Crippen molar-refractivity contribution in [1.82, 2.24) is 5.32 Å². The Morgan fingerprint density at radius 2 is 2.28 bits per heavy atom. The number of benzene rings is 1. The minimum Gasteiger partial charge on any atom is -0.398 e. The van der Waals surface area contributed by atoms with E-state index >= 15 is 0 Å². The average molecular weight is 271 g/mol. The highest BCUT2D eigenvalue weighted by Crippen LogP contribution is 2.17. The van der Waals surface area contributed by atoms with Crippen LogP contribution in [0.25, 0.3) is 0 Å². The van der Waals surface area contributed by atoms with E-state index in [0.29, 0.717) is 22.8 Å². The minimum absolute atomic E-state index is 0.176. The standard InChI is InChI=1S/C13H19ClN2O2/c1-9(8-17)3-2-6-16-13(18)11-7-10(14)4-5-12(11)15/h4-5,7,9,17H,2-3,6,8,15H2,1H3,(H,16,18). The zero-order chi connectivity index (χ0) is 13.5. The number of carbonyl (C=O) groups excluding carboxylic acids is 1. The molecule has 0 saturated carbocycles. The fourth-order valence-corrected chi connectivity index (χ4v) is 1.74. The van der Waals surface area contributed by atoms with Gasteiger partial charge in [-0.3, -0.25) is 4.79 Å². The Kier molecular flexibility index (Phi) is 5.95. The molecule has 1 aromatic carbocycles. The minimum atomic E-state index is -0.216. The first kappa shape index (κ1) is 14.8. The smallest absolute Gasteiger partial charge is 0.253 e. The van der Waals surface area contributed by atoms with Crippen LogP contribution in [0.5, 0.6) is 0 Å². The van der Waals surface area contributed by atoms with Gasteiger partial charge in [0.2, 0.25) is 0 Å². The number of aliphatic hydroxyl groups excluding tert-OH is 1. The molecular formula is C13H19ClN2O2. The van der Waals surface area contributed by atoms with Gasteiger partial charge in [-0.2, -0.15) is 0 Å². The van der Waals surface area contributed by atoms with Crippen LogP contribution < -0.4 is 11.1 Å². The van der Waals surface area contributed by atoms with Crippen molar-refractivity contribution in [2.75, 3.05) is 18.9 Å². The molecule has 18 heavy (non-hydrogen) atoms. The molecule has 0 radical (unpaired) electrons. The van der Waals surface area contributed by atoms with Gasteiger partial charge in [0.05, 0.1) is 5.56 Å². The van der Waals surface area contributed by atoms with Crippen LogP contribution >= 0.6 is 11.6 Å². The lowest BCUT2D eigenvalue weighted by Crippen LogP contribution is -2.25. The van der Waals surface area contributed by atoms with Crippen molar-refractivity contribution >= 4 is 23.2 Å². The second-order valence-corrected chi connectivity index (χ2v) is 4.85. The van der Waals surface area contributed by atoms with Crippen molar-refractivity contribution in [2.24, 2.45) is 5.92 Å². The molecule has 100 valence electrons. The molecule has 0 heterocycles. The third-order valence-corrected chi connectivity index (χ3v) is 2.97. The molecule has 1 aromatic rings. The molecule has 0 aliphatic carbocycles. The van der Waals surface area contributed by atoms with Gasteiger partial charge in [0.25, 0.3) is 5.91 Å². The first-order chi connectivity index (χ1) is 8.54. The molecule has 4 N–H and O–H groups in total. The van der Waals surface area contributed by atoms with Crippen LogP contribution in [0.1, 0.15) is 30.1 Å². The van der Waals surface area contributed by atoms with E-state index in [1.807, 2.05) is 6.92 Å². The molecular weight excluding hydrogens is 252 g/mol. The van der Waals surface area contributed by atoms with Crippen molar-refractivity contribution < 1.29 is 9.90 Å². The number of halogens is 1. The number of nitrogens with two attached hydrogens (primary N) is 1. The van der Waals surface area contributed by atoms with Gasteiger partial charge in [-0.1, -0.05) is 18.5 Å². The van der Waals surface area contributed by atoms with E-state index in [0.717, 1.165) is 12.8 Å². The number of hydrogen-bond acceptors (Lipinski definition) is 3. The Morgan fingerprint density at radius 1 is 1.56 bits per heavy atom. The fourth-order valence-electron chi connectivity index (χ4n) is 1.56. The van der Waals surface area contributed by atoms with E-state index < -0.39 is 0 Å². The predicted molar refractivity (Wildman–Crippen MR) is 73.7 cm³/mol. The summed E-state index contributed by atoms with van der Waals surface area (Å²) in [5, 5.41) is 12.1. The van der Waals surface area contributed by atoms with Crippen LogP contribution in [-0.4, -0.2) is 24.2 Å². The molecule has 0 aromatic heterocycles. The lowest BCUT2D eigenvalue weighted by Gasteiger charge is -2.09. The molecule has 0 spiro atoms. The Hall–Kier alpha value is -1.26. The topological polar surface area (TPSA) is 75.3 Å². The largest absolute Gasteiger partial charge is 0.398 e. The van der Waals surface area contributed by atoms with E-state index in [4.69, 9.17) is 22.4 Å². The molecule has 0 aliphatic heterocycles. The van der Waals surface area contributed by atoms with Gasteiger partial charge in [0.15, 0.2) is 0 Å². The third kappa shape index (κ3) is 4.55. The molecule has 1 amide bonds. The van der Waals surface area contributed by atoms with Crippen LogP contribution in [0.2, 0.25) is 5.02 Å². The van der Waals surface area contributed by atoms with Crippen molar-refractivity contribution in [2.45, 2.75) is 19.8 Å². The van der Waals surface area contributed by atoms with Gasteiger partial charge in [0, 0.05) is 23.9 Å². The molecule has 4 nitrogen and oxygen atoms in total. The molecule has 0 aliphatic rings. The van der Waals surface area contributed by atoms with Crippen LogP contribution in [0, 0.1) is 5.92 Å². The van der Waals surface area contributed by atoms with Crippen molar-refractivity contribution in [1.29, 1.82) is 0 Å². The number of hydrogen-bond donors (Lipinski definition) is 3. The van der Waals surface area contributed by atoms with Gasteiger partial charge in [-0.05, 0) is 37.0 Å². The normalized spacial score (nSPS) is 12.2. The molecule has 0 bridgehead atoms. The summed E-state index contributed by atoms with van der Waals surface area (Å²) in [5.41, 5.74) is 6.53. The van der Waals surface area contributed by atoms with Crippen LogP contribution in [0.15, 0.2) is 18.2 Å². The number of amides is 1. The summed E-state index contributed by atoms with van der Waals surface area (Å²) in [7, 11) is 0. The van der Waals surface area contributed by atoms with Gasteiger partial charge in [-0.15, -0.1) is 0 Å². The van der Waals surface area contributed by atoms with Gasteiger partial charge < -0.3 is 16.2 Å². The fraction of sp³-hybridized carbons (Fsp3) is 0.462. The summed E-state index contributed by atoms with van der Waals surface area (Å²) in [4.78, 5) is 11.8. The number of carbonyl (C=O) groups is 1. The van der Waals surface area contributed by atoms with Gasteiger partial charge in [-0.25, -0.2) is 0 Å². The SMILES string of the molecule is CC(CO)CCCNC(=O)c1cc(Cl)ccc1N. The van der Waals surface area contributed by atoms with E-state index in [2.05, 4.69) is 5.32 Å². The van der Waals surface area contributed by atoms with Crippen LogP contribution in [-0.2, 0) is 0 Å². The maximum atomic E-state index is 11.8. The molecule has 1 rings (SSSR count). The first-order valence-corrected chi connectivity index (χ1v) is 6.36. The monoisotopic (exact) mass is 270 g/mol. The maximum Gasteiger partial charge on any atom is 0.253 e. The molecule has 5 heteroatoms. The summed E-state index contributed by atoms with van der Waals surface area (Å²) >= 11 is 5.82. The van der Waals surface area contributed by atoms with Crippen LogP contribution in [0.4, 0.5) is 5.69 Å². The van der Waals surface area contributed by atoms with Crippen LogP contribution in [0.3, 0.4) is 0 Å². The molecule has 1 unspecified atom stereocenters. The predicted octanol–water partition coefficient (Wildman–Crippen LogP) is 2.06. The maximum absolute atomic E-state index is 11.8. The van der Waals surface area contributed by atoms with E-state index in [-0.39, 0.29) is 18.4 Å². The molecule has 0 fully saturated rings. The number of aliphatic hydroxyl groups is 1. The summed E-state index contributed by atoms with van der Waals surface area (Å²) in [6, 6.07) is 4.82. The Labute approximate surface area is 112 Å². The first-order valence-electron chi connectivity index (χ1n) is 5.98. The third-order valence-electron chi connectivity index (χ3n) is 2.73. The Morgan fingerprint density at radius 3 is 2.94 bits per heavy atom.